The minimum absolute atomic E-state index is 0.565. The van der Waals surface area contributed by atoms with Crippen molar-refractivity contribution >= 4 is 0 Å². The van der Waals surface area contributed by atoms with E-state index in [1.54, 1.807) is 0 Å². The van der Waals surface area contributed by atoms with Crippen LogP contribution in [-0.2, 0) is 4.74 Å². The Bertz CT molecular complexity index is 241. The average molecular weight is 252 g/mol. The van der Waals surface area contributed by atoms with E-state index in [4.69, 9.17) is 4.74 Å². The molecule has 3 aliphatic rings. The monoisotopic (exact) mass is 252 g/mol. The molecule has 3 nitrogen and oxygen atoms in total. The molecule has 0 amide bonds. The molecule has 2 aliphatic heterocycles. The lowest BCUT2D eigenvalue weighted by molar-refractivity contribution is 0.0867. The first-order valence-corrected chi connectivity index (χ1v) is 7.97. The van der Waals surface area contributed by atoms with Crippen LogP contribution < -0.4 is 5.32 Å². The van der Waals surface area contributed by atoms with Gasteiger partial charge in [-0.05, 0) is 70.5 Å². The molecule has 0 spiro atoms. The molecule has 0 aromatic heterocycles. The zero-order chi connectivity index (χ0) is 12.2. The molecule has 1 atom stereocenters. The number of ether oxygens (including phenoxy) is 1. The molecule has 0 aromatic carbocycles. The molecule has 0 bridgehead atoms. The normalized spacial score (nSPS) is 31.0. The maximum Gasteiger partial charge on any atom is 0.0588 e. The number of nitrogens with zero attached hydrogens (tertiary/aromatic N) is 1. The van der Waals surface area contributed by atoms with Crippen LogP contribution in [0, 0.1) is 5.92 Å². The van der Waals surface area contributed by atoms with Gasteiger partial charge in [0.1, 0.15) is 0 Å². The second kappa shape index (κ2) is 6.36. The van der Waals surface area contributed by atoms with Gasteiger partial charge in [0.05, 0.1) is 6.10 Å². The average Bonchev–Trinajstić information content (AvgIpc) is 3.09. The molecule has 3 rings (SSSR count). The Kier molecular flexibility index (Phi) is 4.55. The molecule has 1 aliphatic carbocycles. The van der Waals surface area contributed by atoms with Gasteiger partial charge in [-0.25, -0.2) is 0 Å². The Balaban J connectivity index is 1.27. The van der Waals surface area contributed by atoms with E-state index < -0.39 is 0 Å². The lowest BCUT2D eigenvalue weighted by Gasteiger charge is -2.33. The third kappa shape index (κ3) is 3.94. The summed E-state index contributed by atoms with van der Waals surface area (Å²) in [5.74, 6) is 1.02. The quantitative estimate of drug-likeness (QED) is 0.783. The summed E-state index contributed by atoms with van der Waals surface area (Å²) >= 11 is 0. The molecular weight excluding hydrogens is 224 g/mol. The van der Waals surface area contributed by atoms with Crippen molar-refractivity contribution in [3.8, 4) is 0 Å². The van der Waals surface area contributed by atoms with E-state index in [2.05, 4.69) is 10.2 Å². The van der Waals surface area contributed by atoms with Crippen LogP contribution in [0.1, 0.15) is 44.9 Å². The minimum atomic E-state index is 0.565. The summed E-state index contributed by atoms with van der Waals surface area (Å²) in [6.45, 7) is 6.10. The Labute approximate surface area is 111 Å². The molecule has 18 heavy (non-hydrogen) atoms. The van der Waals surface area contributed by atoms with Crippen molar-refractivity contribution in [2.45, 2.75) is 57.1 Å². The summed E-state index contributed by atoms with van der Waals surface area (Å²) in [6, 6.07) is 0.796. The fourth-order valence-corrected chi connectivity index (χ4v) is 3.21. The van der Waals surface area contributed by atoms with Crippen LogP contribution in [0.5, 0.6) is 0 Å². The summed E-state index contributed by atoms with van der Waals surface area (Å²) in [6.07, 6.45) is 10.0. The number of rotatable bonds is 6. The molecule has 2 heterocycles. The van der Waals surface area contributed by atoms with Gasteiger partial charge >= 0.3 is 0 Å². The summed E-state index contributed by atoms with van der Waals surface area (Å²) < 4.78 is 5.70. The molecular formula is C15H28N2O. The van der Waals surface area contributed by atoms with Crippen LogP contribution in [0.25, 0.3) is 0 Å². The van der Waals surface area contributed by atoms with Crippen LogP contribution in [0.3, 0.4) is 0 Å². The fraction of sp³-hybridized carbons (Fsp3) is 1.00. The largest absolute Gasteiger partial charge is 0.378 e. The highest BCUT2D eigenvalue weighted by Crippen LogP contribution is 2.28. The van der Waals surface area contributed by atoms with Gasteiger partial charge in [-0.15, -0.1) is 0 Å². The summed E-state index contributed by atoms with van der Waals surface area (Å²) in [5.41, 5.74) is 0. The maximum absolute atomic E-state index is 5.70. The van der Waals surface area contributed by atoms with Gasteiger partial charge in [0.25, 0.3) is 0 Å². The third-order valence-electron chi connectivity index (χ3n) is 4.77. The van der Waals surface area contributed by atoms with Crippen LogP contribution >= 0.6 is 0 Å². The standard InChI is InChI=1S/C15H28N2O/c1-2-15(18-11-1)7-10-17-8-5-14(6-9-17)16-12-13-3-4-13/h13-16H,1-12H2. The van der Waals surface area contributed by atoms with Gasteiger partial charge in [-0.1, -0.05) is 0 Å². The molecule has 1 unspecified atom stereocenters. The topological polar surface area (TPSA) is 24.5 Å². The number of piperidine rings is 1. The first-order chi connectivity index (χ1) is 8.90. The van der Waals surface area contributed by atoms with Crippen LogP contribution in [-0.4, -0.2) is 49.8 Å². The van der Waals surface area contributed by atoms with Gasteiger partial charge in [0.15, 0.2) is 0 Å². The lowest BCUT2D eigenvalue weighted by Crippen LogP contribution is -2.43. The lowest BCUT2D eigenvalue weighted by atomic mass is 10.0. The Morgan fingerprint density at radius 1 is 1.06 bits per heavy atom. The molecule has 1 saturated carbocycles. The predicted octanol–water partition coefficient (Wildman–Crippen LogP) is 2.02. The SMILES string of the molecule is C1COC(CCN2CCC(NCC3CC3)CC2)C1. The van der Waals surface area contributed by atoms with Gasteiger partial charge < -0.3 is 15.0 Å². The van der Waals surface area contributed by atoms with Crippen LogP contribution in [0.2, 0.25) is 0 Å². The molecule has 2 saturated heterocycles. The molecule has 0 aromatic rings. The van der Waals surface area contributed by atoms with Crippen molar-refractivity contribution in [3.63, 3.8) is 0 Å². The Hall–Kier alpha value is -0.120. The van der Waals surface area contributed by atoms with E-state index in [1.165, 1.54) is 71.1 Å². The van der Waals surface area contributed by atoms with Crippen LogP contribution in [0.15, 0.2) is 0 Å². The van der Waals surface area contributed by atoms with E-state index in [9.17, 15) is 0 Å². The number of hydrogen-bond donors (Lipinski definition) is 1. The van der Waals surface area contributed by atoms with E-state index in [0.717, 1.165) is 18.6 Å². The second-order valence-electron chi connectivity index (χ2n) is 6.39. The molecule has 3 fully saturated rings. The van der Waals surface area contributed by atoms with E-state index in [0.29, 0.717) is 6.10 Å². The molecule has 1 N–H and O–H groups in total. The van der Waals surface area contributed by atoms with Gasteiger partial charge in [0, 0.05) is 19.2 Å². The summed E-state index contributed by atoms with van der Waals surface area (Å²) in [5, 5.41) is 3.75. The van der Waals surface area contributed by atoms with Gasteiger partial charge in [-0.3, -0.25) is 0 Å². The molecule has 0 radical (unpaired) electrons. The smallest absolute Gasteiger partial charge is 0.0588 e. The van der Waals surface area contributed by atoms with E-state index >= 15 is 0 Å². The highest BCUT2D eigenvalue weighted by molar-refractivity contribution is 4.82. The maximum atomic E-state index is 5.70. The molecule has 104 valence electrons. The Morgan fingerprint density at radius 2 is 1.89 bits per heavy atom. The zero-order valence-corrected chi connectivity index (χ0v) is 11.6. The van der Waals surface area contributed by atoms with Crippen molar-refractivity contribution in [1.29, 1.82) is 0 Å². The van der Waals surface area contributed by atoms with Crippen molar-refractivity contribution in [1.82, 2.24) is 10.2 Å². The van der Waals surface area contributed by atoms with Crippen LogP contribution in [0.4, 0.5) is 0 Å². The zero-order valence-electron chi connectivity index (χ0n) is 11.6. The number of hydrogen-bond acceptors (Lipinski definition) is 3. The first-order valence-electron chi connectivity index (χ1n) is 7.97. The highest BCUT2D eigenvalue weighted by Gasteiger charge is 2.24. The van der Waals surface area contributed by atoms with Crippen molar-refractivity contribution < 1.29 is 4.74 Å². The van der Waals surface area contributed by atoms with Crippen molar-refractivity contribution in [3.05, 3.63) is 0 Å². The first kappa shape index (κ1) is 12.9. The van der Waals surface area contributed by atoms with E-state index in [-0.39, 0.29) is 0 Å². The minimum Gasteiger partial charge on any atom is -0.378 e. The highest BCUT2D eigenvalue weighted by atomic mass is 16.5. The number of nitrogens with one attached hydrogen (secondary N) is 1. The van der Waals surface area contributed by atoms with Gasteiger partial charge in [-0.2, -0.15) is 0 Å². The number of likely N-dealkylation sites (tertiary alicyclic amines) is 1. The second-order valence-corrected chi connectivity index (χ2v) is 6.39. The Morgan fingerprint density at radius 3 is 2.56 bits per heavy atom. The van der Waals surface area contributed by atoms with Crippen molar-refractivity contribution in [2.75, 3.05) is 32.8 Å². The third-order valence-corrected chi connectivity index (χ3v) is 4.77. The predicted molar refractivity (Wildman–Crippen MR) is 73.8 cm³/mol. The van der Waals surface area contributed by atoms with E-state index in [1.807, 2.05) is 0 Å². The van der Waals surface area contributed by atoms with Gasteiger partial charge in [0.2, 0.25) is 0 Å². The fourth-order valence-electron chi connectivity index (χ4n) is 3.21. The van der Waals surface area contributed by atoms with Crippen molar-refractivity contribution in [2.24, 2.45) is 5.92 Å². The summed E-state index contributed by atoms with van der Waals surface area (Å²) in [4.78, 5) is 2.64. The summed E-state index contributed by atoms with van der Waals surface area (Å²) in [7, 11) is 0. The molecule has 3 heteroatoms.